The molecule has 1 nitrogen and oxygen atoms in total. The Hall–Kier alpha value is -5.66. The summed E-state index contributed by atoms with van der Waals surface area (Å²) in [5, 5.41) is 0. The molecule has 0 aliphatic heterocycles. The largest absolute Gasteiger partial charge is 0.334 e. The molecule has 5 aliphatic carbocycles. The van der Waals surface area contributed by atoms with Crippen molar-refractivity contribution in [2.24, 2.45) is 5.92 Å². The molecule has 53 heavy (non-hydrogen) atoms. The van der Waals surface area contributed by atoms with Gasteiger partial charge < -0.3 is 4.90 Å². The van der Waals surface area contributed by atoms with Crippen molar-refractivity contribution in [1.29, 1.82) is 0 Å². The fraction of sp³-hybridized carbons (Fsp3) is 0.192. The normalized spacial score (nSPS) is 21.8. The summed E-state index contributed by atoms with van der Waals surface area (Å²) < 4.78 is 0. The molecule has 0 fully saturated rings. The second-order valence-electron chi connectivity index (χ2n) is 16.2. The van der Waals surface area contributed by atoms with E-state index in [-0.39, 0.29) is 16.9 Å². The Morgan fingerprint density at radius 3 is 2.02 bits per heavy atom. The third-order valence-corrected chi connectivity index (χ3v) is 13.5. The molecule has 0 amide bonds. The number of hydrogen-bond donors (Lipinski definition) is 0. The minimum atomic E-state index is -0.211. The lowest BCUT2D eigenvalue weighted by atomic mass is 9.63. The Bertz CT molecular complexity index is 2500. The van der Waals surface area contributed by atoms with E-state index in [1.807, 2.05) is 0 Å². The fourth-order valence-corrected chi connectivity index (χ4v) is 11.3. The fourth-order valence-electron chi connectivity index (χ4n) is 11.3. The maximum Gasteiger partial charge on any atom is 0.0526 e. The Morgan fingerprint density at radius 1 is 0.585 bits per heavy atom. The second kappa shape index (κ2) is 11.4. The van der Waals surface area contributed by atoms with Crippen molar-refractivity contribution < 1.29 is 0 Å². The maximum atomic E-state index is 2.70. The smallest absolute Gasteiger partial charge is 0.0526 e. The van der Waals surface area contributed by atoms with Gasteiger partial charge in [0, 0.05) is 28.3 Å². The highest BCUT2D eigenvalue weighted by molar-refractivity contribution is 5.90. The minimum absolute atomic E-state index is 0.00201. The molecule has 256 valence electrons. The molecule has 6 aromatic rings. The first kappa shape index (κ1) is 30.9. The first-order valence-electron chi connectivity index (χ1n) is 19.5. The Morgan fingerprint density at radius 2 is 1.25 bits per heavy atom. The first-order valence-corrected chi connectivity index (χ1v) is 19.5. The molecule has 1 spiro atoms. The van der Waals surface area contributed by atoms with Crippen LogP contribution < -0.4 is 4.90 Å². The van der Waals surface area contributed by atoms with E-state index in [2.05, 4.69) is 189 Å². The minimum Gasteiger partial charge on any atom is -0.334 e. The molecule has 1 heteroatoms. The van der Waals surface area contributed by atoms with Gasteiger partial charge in [0.25, 0.3) is 0 Å². The summed E-state index contributed by atoms with van der Waals surface area (Å²) in [4.78, 5) is 2.70. The highest BCUT2D eigenvalue weighted by Gasteiger charge is 2.58. The van der Waals surface area contributed by atoms with E-state index in [1.54, 1.807) is 5.57 Å². The van der Waals surface area contributed by atoms with Gasteiger partial charge in [-0.3, -0.25) is 0 Å². The number of rotatable bonds is 4. The third kappa shape index (κ3) is 4.20. The van der Waals surface area contributed by atoms with Crippen LogP contribution in [0.5, 0.6) is 0 Å². The molecule has 11 rings (SSSR count). The monoisotopic (exact) mass is 681 g/mol. The van der Waals surface area contributed by atoms with Gasteiger partial charge in [-0.2, -0.15) is 0 Å². The summed E-state index contributed by atoms with van der Waals surface area (Å²) in [5.74, 6) is 0.700. The molecule has 5 aliphatic rings. The third-order valence-electron chi connectivity index (χ3n) is 13.5. The van der Waals surface area contributed by atoms with E-state index in [0.29, 0.717) is 11.8 Å². The number of hydrogen-bond acceptors (Lipinski definition) is 1. The maximum absolute atomic E-state index is 2.70. The van der Waals surface area contributed by atoms with E-state index in [1.165, 1.54) is 72.6 Å². The molecule has 0 N–H and O–H groups in total. The number of para-hydroxylation sites is 1. The van der Waals surface area contributed by atoms with Crippen LogP contribution in [-0.4, -0.2) is 6.04 Å². The molecular formula is C52H43N. The van der Waals surface area contributed by atoms with Crippen molar-refractivity contribution in [1.82, 2.24) is 0 Å². The molecule has 3 atom stereocenters. The lowest BCUT2D eigenvalue weighted by Gasteiger charge is -2.44. The van der Waals surface area contributed by atoms with Crippen molar-refractivity contribution >= 4 is 16.9 Å². The van der Waals surface area contributed by atoms with Gasteiger partial charge in [-0.25, -0.2) is 0 Å². The van der Waals surface area contributed by atoms with E-state index in [9.17, 15) is 0 Å². The molecule has 0 aromatic heterocycles. The van der Waals surface area contributed by atoms with Crippen molar-refractivity contribution in [3.05, 3.63) is 209 Å². The van der Waals surface area contributed by atoms with Crippen LogP contribution in [0, 0.1) is 5.92 Å². The number of fused-ring (bicyclic) bond motifs is 12. The summed E-state index contributed by atoms with van der Waals surface area (Å²) in [6.07, 6.45) is 13.2. The molecular weight excluding hydrogens is 639 g/mol. The van der Waals surface area contributed by atoms with Crippen LogP contribution in [0.25, 0.3) is 27.8 Å². The van der Waals surface area contributed by atoms with Crippen molar-refractivity contribution in [3.63, 3.8) is 0 Å². The number of anilines is 2. The van der Waals surface area contributed by atoms with Crippen LogP contribution in [0.1, 0.15) is 72.4 Å². The lowest BCUT2D eigenvalue weighted by Crippen LogP contribution is -2.41. The predicted molar refractivity (Wildman–Crippen MR) is 221 cm³/mol. The number of allylic oxidation sites excluding steroid dienone is 5. The zero-order chi connectivity index (χ0) is 35.3. The molecule has 3 unspecified atom stereocenters. The second-order valence-corrected chi connectivity index (χ2v) is 16.2. The molecule has 0 bridgehead atoms. The molecule has 6 aromatic carbocycles. The summed E-state index contributed by atoms with van der Waals surface area (Å²) in [6, 6.07) is 55.5. The van der Waals surface area contributed by atoms with Gasteiger partial charge in [-0.15, -0.1) is 0 Å². The van der Waals surface area contributed by atoms with E-state index < -0.39 is 0 Å². The summed E-state index contributed by atoms with van der Waals surface area (Å²) in [5.41, 5.74) is 19.4. The Balaban J connectivity index is 1.12. The van der Waals surface area contributed by atoms with Gasteiger partial charge in [-0.1, -0.05) is 171 Å². The van der Waals surface area contributed by atoms with Crippen LogP contribution >= 0.6 is 0 Å². The van der Waals surface area contributed by atoms with Gasteiger partial charge in [0.15, 0.2) is 0 Å². The number of nitrogens with zero attached hydrogens (tertiary/aromatic N) is 1. The zero-order valence-electron chi connectivity index (χ0n) is 30.5. The Kier molecular flexibility index (Phi) is 6.66. The van der Waals surface area contributed by atoms with Gasteiger partial charge in [0.1, 0.15) is 0 Å². The molecule has 0 heterocycles. The summed E-state index contributed by atoms with van der Waals surface area (Å²) in [6.45, 7) is 4.89. The van der Waals surface area contributed by atoms with Gasteiger partial charge in [0.05, 0.1) is 11.5 Å². The van der Waals surface area contributed by atoms with Crippen molar-refractivity contribution in [3.8, 4) is 22.3 Å². The summed E-state index contributed by atoms with van der Waals surface area (Å²) >= 11 is 0. The highest BCUT2D eigenvalue weighted by Crippen LogP contribution is 2.66. The van der Waals surface area contributed by atoms with E-state index in [0.717, 1.165) is 19.3 Å². The number of benzene rings is 6. The molecule has 0 saturated heterocycles. The standard InChI is InChI=1S/C52H43N/c1-51(2)44-23-11-6-19-38(44)42-30-28-35(32-48(42)51)53(50-27-15-10-18-37(50)34-16-4-3-5-17-34)36-29-31-43-41-22-9-14-26-47(41)52(49(43)33-36)45-24-12-7-20-39(45)40-21-8-13-25-46(40)52/h3-10,12-22,24-32,36,43,49H,11,23,33H2,1-2H3. The van der Waals surface area contributed by atoms with Crippen LogP contribution in [0.3, 0.4) is 0 Å². The zero-order valence-corrected chi connectivity index (χ0v) is 30.5. The van der Waals surface area contributed by atoms with Gasteiger partial charge in [-0.05, 0) is 99.0 Å². The summed E-state index contributed by atoms with van der Waals surface area (Å²) in [7, 11) is 0. The highest BCUT2D eigenvalue weighted by atomic mass is 15.2. The SMILES string of the molecule is CC1(C)C2=C(C=CCC2)c2ccc(N(c3ccccc3-c3ccccc3)C3C=CC4c5ccccc5C5(c6ccccc6-c6ccccc65)C4C3)cc21. The average Bonchev–Trinajstić information content (AvgIpc) is 3.77. The van der Waals surface area contributed by atoms with Crippen LogP contribution in [0.4, 0.5) is 11.4 Å². The quantitative estimate of drug-likeness (QED) is 0.167. The van der Waals surface area contributed by atoms with E-state index >= 15 is 0 Å². The molecule has 0 radical (unpaired) electrons. The topological polar surface area (TPSA) is 3.24 Å². The lowest BCUT2D eigenvalue weighted by molar-refractivity contribution is 0.333. The van der Waals surface area contributed by atoms with Crippen LogP contribution in [0.15, 0.2) is 175 Å². The van der Waals surface area contributed by atoms with Crippen molar-refractivity contribution in [2.75, 3.05) is 4.90 Å². The van der Waals surface area contributed by atoms with Crippen LogP contribution in [-0.2, 0) is 10.8 Å². The molecule has 0 saturated carbocycles. The van der Waals surface area contributed by atoms with Crippen LogP contribution in [0.2, 0.25) is 0 Å². The van der Waals surface area contributed by atoms with Crippen molar-refractivity contribution in [2.45, 2.75) is 55.9 Å². The Labute approximate surface area is 313 Å². The first-order chi connectivity index (χ1) is 26.1. The van der Waals surface area contributed by atoms with Gasteiger partial charge in [0.2, 0.25) is 0 Å². The van der Waals surface area contributed by atoms with E-state index in [4.69, 9.17) is 0 Å². The average molecular weight is 682 g/mol. The van der Waals surface area contributed by atoms with Gasteiger partial charge >= 0.3 is 0 Å². The predicted octanol–water partition coefficient (Wildman–Crippen LogP) is 12.9.